The van der Waals surface area contributed by atoms with Gasteiger partial charge in [0.1, 0.15) is 5.75 Å². The van der Waals surface area contributed by atoms with Gasteiger partial charge in [-0.3, -0.25) is 0 Å². The van der Waals surface area contributed by atoms with Gasteiger partial charge >= 0.3 is 14.5 Å². The first-order chi connectivity index (χ1) is 12.0. The fraction of sp³-hybridized carbons (Fsp3) is 0.250. The predicted octanol–water partition coefficient (Wildman–Crippen LogP) is 2.05. The van der Waals surface area contributed by atoms with Crippen LogP contribution < -0.4 is 4.74 Å². The average Bonchev–Trinajstić information content (AvgIpc) is 2.57. The van der Waals surface area contributed by atoms with Crippen molar-refractivity contribution in [3.63, 3.8) is 0 Å². The van der Waals surface area contributed by atoms with E-state index in [0.29, 0.717) is 24.2 Å². The lowest BCUT2D eigenvalue weighted by atomic mass is 10.1. The Bertz CT molecular complexity index is 741. The van der Waals surface area contributed by atoms with Gasteiger partial charge in [-0.25, -0.2) is 19.2 Å². The summed E-state index contributed by atoms with van der Waals surface area (Å²) in [6.07, 6.45) is 4.92. The Labute approximate surface area is 144 Å². The number of nitrogens with zero attached hydrogens (tertiary/aromatic N) is 3. The molecule has 0 aliphatic rings. The van der Waals surface area contributed by atoms with Crippen LogP contribution in [0.4, 0.5) is 0 Å². The number of esters is 1. The Kier molecular flexibility index (Phi) is 7.79. The maximum atomic E-state index is 11.4. The smallest absolute Gasteiger partial charge is 0.423 e. The minimum Gasteiger partial charge on any atom is -0.423 e. The summed E-state index contributed by atoms with van der Waals surface area (Å²) in [6.45, 7) is 5.05. The highest BCUT2D eigenvalue weighted by atomic mass is 28.4. The van der Waals surface area contributed by atoms with Crippen LogP contribution in [0.2, 0.25) is 6.04 Å². The minimum atomic E-state index is -3.47. The largest absolute Gasteiger partial charge is 0.467 e. The molecule has 0 bridgehead atoms. The van der Waals surface area contributed by atoms with E-state index in [1.54, 1.807) is 31.2 Å². The van der Waals surface area contributed by atoms with Crippen LogP contribution in [0.3, 0.4) is 0 Å². The first-order valence-electron chi connectivity index (χ1n) is 7.20. The summed E-state index contributed by atoms with van der Waals surface area (Å²) in [7, 11) is -3.47. The Morgan fingerprint density at radius 2 is 1.60 bits per heavy atom. The van der Waals surface area contributed by atoms with E-state index in [9.17, 15) is 19.2 Å². The molecule has 0 saturated heterocycles. The molecule has 0 N–H and O–H groups in total. The Morgan fingerprint density at radius 3 is 2.04 bits per heavy atom. The van der Waals surface area contributed by atoms with Gasteiger partial charge in [0.05, 0.1) is 0 Å². The van der Waals surface area contributed by atoms with Gasteiger partial charge in [0, 0.05) is 11.6 Å². The summed E-state index contributed by atoms with van der Waals surface area (Å²) in [4.78, 5) is 42.9. The first kappa shape index (κ1) is 19.8. The van der Waals surface area contributed by atoms with Crippen molar-refractivity contribution in [2.45, 2.75) is 25.8 Å². The quantitative estimate of drug-likeness (QED) is 0.167. The highest BCUT2D eigenvalue weighted by Gasteiger charge is 2.35. The molecule has 0 aliphatic carbocycles. The average molecular weight is 357 g/mol. The van der Waals surface area contributed by atoms with Gasteiger partial charge in [0.2, 0.25) is 18.2 Å². The van der Waals surface area contributed by atoms with Crippen molar-refractivity contribution in [2.24, 2.45) is 14.0 Å². The van der Waals surface area contributed by atoms with E-state index >= 15 is 0 Å². The van der Waals surface area contributed by atoms with E-state index in [2.05, 4.69) is 20.6 Å². The number of isocyanates is 3. The first-order valence-corrected chi connectivity index (χ1v) is 9.25. The second kappa shape index (κ2) is 9.82. The van der Waals surface area contributed by atoms with Crippen LogP contribution in [-0.2, 0) is 25.6 Å². The van der Waals surface area contributed by atoms with Gasteiger partial charge in [0.15, 0.2) is 0 Å². The van der Waals surface area contributed by atoms with Gasteiger partial charge in [-0.05, 0) is 37.5 Å². The van der Waals surface area contributed by atoms with Crippen LogP contribution in [-0.4, -0.2) is 32.8 Å². The number of carbonyl (C=O) groups excluding carboxylic acids is 4. The lowest BCUT2D eigenvalue weighted by molar-refractivity contribution is -0.130. The molecular formula is C16H15N3O5Si. The number of benzene rings is 1. The van der Waals surface area contributed by atoms with Crippen LogP contribution in [0.1, 0.15) is 18.9 Å². The van der Waals surface area contributed by atoms with Crippen molar-refractivity contribution in [2.75, 3.05) is 0 Å². The maximum Gasteiger partial charge on any atom is 0.467 e. The number of hydrogen-bond donors (Lipinski definition) is 0. The van der Waals surface area contributed by atoms with E-state index in [1.807, 2.05) is 0 Å². The third kappa shape index (κ3) is 6.43. The Morgan fingerprint density at radius 1 is 1.08 bits per heavy atom. The predicted molar refractivity (Wildman–Crippen MR) is 90.1 cm³/mol. The normalized spacial score (nSPS) is 11.7. The summed E-state index contributed by atoms with van der Waals surface area (Å²) in [6, 6.07) is 6.97. The van der Waals surface area contributed by atoms with Gasteiger partial charge in [-0.2, -0.15) is 14.0 Å². The molecule has 0 unspecified atom stereocenters. The van der Waals surface area contributed by atoms with Gasteiger partial charge in [-0.15, -0.1) is 0 Å². The molecular weight excluding hydrogens is 342 g/mol. The van der Waals surface area contributed by atoms with Crippen molar-refractivity contribution < 1.29 is 23.9 Å². The Balaban J connectivity index is 2.72. The molecule has 0 fully saturated rings. The molecule has 0 heterocycles. The molecule has 0 saturated carbocycles. The second-order valence-electron chi connectivity index (χ2n) is 5.05. The number of hydrogen-bond acceptors (Lipinski definition) is 8. The molecule has 0 aliphatic heterocycles. The van der Waals surface area contributed by atoms with Crippen LogP contribution in [0.15, 0.2) is 50.4 Å². The number of rotatable bonds is 9. The highest BCUT2D eigenvalue weighted by molar-refractivity contribution is 6.76. The molecule has 25 heavy (non-hydrogen) atoms. The minimum absolute atomic E-state index is 0.166. The molecule has 1 aromatic rings. The summed E-state index contributed by atoms with van der Waals surface area (Å²) in [5.41, 5.74) is 1.21. The van der Waals surface area contributed by atoms with E-state index in [-0.39, 0.29) is 6.04 Å². The molecule has 0 amide bonds. The second-order valence-corrected chi connectivity index (χ2v) is 7.77. The summed E-state index contributed by atoms with van der Waals surface area (Å²) in [5, 5.41) is 0. The van der Waals surface area contributed by atoms with Crippen LogP contribution in [0.5, 0.6) is 5.75 Å². The van der Waals surface area contributed by atoms with Crippen molar-refractivity contribution in [3.05, 3.63) is 42.0 Å². The number of aryl methyl sites for hydroxylation is 1. The molecule has 0 atom stereocenters. The summed E-state index contributed by atoms with van der Waals surface area (Å²) in [5.74, 6) is -0.115. The topological polar surface area (TPSA) is 115 Å². The molecule has 0 aromatic heterocycles. The summed E-state index contributed by atoms with van der Waals surface area (Å²) >= 11 is 0. The van der Waals surface area contributed by atoms with Gasteiger partial charge in [0.25, 0.3) is 0 Å². The Hall–Kier alpha value is -3.21. The van der Waals surface area contributed by atoms with Crippen molar-refractivity contribution in [3.8, 4) is 5.75 Å². The van der Waals surface area contributed by atoms with E-state index < -0.39 is 14.5 Å². The van der Waals surface area contributed by atoms with Crippen molar-refractivity contribution in [1.82, 2.24) is 0 Å². The lowest BCUT2D eigenvalue weighted by Gasteiger charge is -2.11. The molecule has 1 aromatic carbocycles. The van der Waals surface area contributed by atoms with Gasteiger partial charge < -0.3 is 4.74 Å². The zero-order valence-corrected chi connectivity index (χ0v) is 14.5. The maximum absolute atomic E-state index is 11.4. The standard InChI is InChI=1S/C16H15N3O5Si/c1-13(2)16(23)24-15-7-5-14(6-8-15)4-3-9-25(17-10-20,18-11-21)19-12-22/h5-8H,1,3-4,9H2,2H3. The zero-order chi connectivity index (χ0) is 18.7. The van der Waals surface area contributed by atoms with Crippen molar-refractivity contribution >= 4 is 32.8 Å². The monoisotopic (exact) mass is 357 g/mol. The molecule has 0 radical (unpaired) electrons. The van der Waals surface area contributed by atoms with E-state index in [0.717, 1.165) is 5.56 Å². The number of ether oxygens (including phenoxy) is 1. The molecule has 1 rings (SSSR count). The molecule has 0 spiro atoms. The lowest BCUT2D eigenvalue weighted by Crippen LogP contribution is -2.27. The summed E-state index contributed by atoms with van der Waals surface area (Å²) < 4.78 is 15.4. The number of carbonyl (C=O) groups is 1. The fourth-order valence-corrected chi connectivity index (χ4v) is 3.49. The van der Waals surface area contributed by atoms with E-state index in [1.165, 1.54) is 18.2 Å². The van der Waals surface area contributed by atoms with Crippen LogP contribution >= 0.6 is 0 Å². The third-order valence-electron chi connectivity index (χ3n) is 3.13. The third-order valence-corrected chi connectivity index (χ3v) is 5.51. The molecule has 9 heteroatoms. The van der Waals surface area contributed by atoms with E-state index in [4.69, 9.17) is 4.74 Å². The van der Waals surface area contributed by atoms with Gasteiger partial charge in [-0.1, -0.05) is 18.7 Å². The molecule has 128 valence electrons. The molecule has 8 nitrogen and oxygen atoms in total. The van der Waals surface area contributed by atoms with Crippen LogP contribution in [0.25, 0.3) is 0 Å². The van der Waals surface area contributed by atoms with Crippen molar-refractivity contribution in [1.29, 1.82) is 0 Å². The van der Waals surface area contributed by atoms with Crippen LogP contribution in [0, 0.1) is 0 Å². The highest BCUT2D eigenvalue weighted by Crippen LogP contribution is 2.20. The zero-order valence-electron chi connectivity index (χ0n) is 13.5. The fourth-order valence-electron chi connectivity index (χ4n) is 1.91. The SMILES string of the molecule is C=C(C)C(=O)Oc1ccc(CCC[Si](N=C=O)(N=C=O)N=C=O)cc1.